The van der Waals surface area contributed by atoms with Gasteiger partial charge in [-0.25, -0.2) is 0 Å². The van der Waals surface area contributed by atoms with E-state index < -0.39 is 0 Å². The Labute approximate surface area is 118 Å². The molecule has 0 spiro atoms. The molecule has 1 N–H and O–H groups in total. The molecule has 106 valence electrons. The van der Waals surface area contributed by atoms with Gasteiger partial charge in [0.25, 0.3) is 0 Å². The first-order chi connectivity index (χ1) is 9.72. The number of nitrogens with zero attached hydrogens (tertiary/aromatic N) is 1. The zero-order chi connectivity index (χ0) is 13.9. The van der Waals surface area contributed by atoms with Crippen LogP contribution in [0.25, 0.3) is 11.0 Å². The van der Waals surface area contributed by atoms with Crippen LogP contribution in [0.15, 0.2) is 34.7 Å². The van der Waals surface area contributed by atoms with Crippen LogP contribution in [-0.2, 0) is 4.79 Å². The number of nitrogens with one attached hydrogen (secondary N) is 1. The van der Waals surface area contributed by atoms with Crippen molar-refractivity contribution in [3.8, 4) is 0 Å². The van der Waals surface area contributed by atoms with E-state index in [-0.39, 0.29) is 11.9 Å². The fourth-order valence-electron chi connectivity index (χ4n) is 2.72. The molecule has 1 aliphatic heterocycles. The molecule has 1 aromatic carbocycles. The number of para-hydroxylation sites is 1. The Morgan fingerprint density at radius 2 is 2.10 bits per heavy atom. The standard InChI is InChI=1S/C16H20N2O2/c1-12(17-16(19)11-18-8-4-5-9-18)15-10-13-6-2-3-7-14(13)20-15/h2-3,6-7,10,12H,4-5,8-9,11H2,1H3,(H,17,19)/t12-/m0/s1. The van der Waals surface area contributed by atoms with E-state index in [4.69, 9.17) is 4.42 Å². The first kappa shape index (κ1) is 13.2. The molecule has 0 aliphatic carbocycles. The average Bonchev–Trinajstić information content (AvgIpc) is 3.06. The summed E-state index contributed by atoms with van der Waals surface area (Å²) in [7, 11) is 0. The molecule has 20 heavy (non-hydrogen) atoms. The molecule has 4 nitrogen and oxygen atoms in total. The van der Waals surface area contributed by atoms with Crippen LogP contribution in [0.1, 0.15) is 31.6 Å². The normalized spacial score (nSPS) is 17.4. The van der Waals surface area contributed by atoms with Crippen molar-refractivity contribution in [2.75, 3.05) is 19.6 Å². The van der Waals surface area contributed by atoms with Gasteiger partial charge in [0.2, 0.25) is 5.91 Å². The summed E-state index contributed by atoms with van der Waals surface area (Å²) in [5, 5.41) is 4.08. The second-order valence-electron chi connectivity index (χ2n) is 5.46. The van der Waals surface area contributed by atoms with Gasteiger partial charge < -0.3 is 9.73 Å². The number of benzene rings is 1. The summed E-state index contributed by atoms with van der Waals surface area (Å²) in [6.07, 6.45) is 2.40. The lowest BCUT2D eigenvalue weighted by molar-refractivity contribution is -0.122. The molecule has 1 aliphatic rings. The minimum Gasteiger partial charge on any atom is -0.459 e. The van der Waals surface area contributed by atoms with Gasteiger partial charge in [-0.3, -0.25) is 9.69 Å². The smallest absolute Gasteiger partial charge is 0.234 e. The van der Waals surface area contributed by atoms with Crippen molar-refractivity contribution in [3.63, 3.8) is 0 Å². The number of hydrogen-bond acceptors (Lipinski definition) is 3. The SMILES string of the molecule is C[C@H](NC(=O)CN1CCCC1)c1cc2ccccc2o1. The molecule has 1 saturated heterocycles. The fraction of sp³-hybridized carbons (Fsp3) is 0.438. The zero-order valence-electron chi connectivity index (χ0n) is 11.8. The van der Waals surface area contributed by atoms with E-state index in [1.165, 1.54) is 12.8 Å². The van der Waals surface area contributed by atoms with E-state index in [1.807, 2.05) is 37.3 Å². The summed E-state index contributed by atoms with van der Waals surface area (Å²) in [6, 6.07) is 9.79. The van der Waals surface area contributed by atoms with Crippen LogP contribution >= 0.6 is 0 Å². The predicted molar refractivity (Wildman–Crippen MR) is 78.4 cm³/mol. The van der Waals surface area contributed by atoms with Crippen molar-refractivity contribution in [3.05, 3.63) is 36.1 Å². The number of likely N-dealkylation sites (tertiary alicyclic amines) is 1. The Kier molecular flexibility index (Phi) is 3.74. The summed E-state index contributed by atoms with van der Waals surface area (Å²) < 4.78 is 5.77. The first-order valence-electron chi connectivity index (χ1n) is 7.22. The third kappa shape index (κ3) is 2.85. The average molecular weight is 272 g/mol. The van der Waals surface area contributed by atoms with Gasteiger partial charge >= 0.3 is 0 Å². The molecule has 0 saturated carbocycles. The lowest BCUT2D eigenvalue weighted by Crippen LogP contribution is -2.36. The number of fused-ring (bicyclic) bond motifs is 1. The van der Waals surface area contributed by atoms with Crippen molar-refractivity contribution in [1.29, 1.82) is 0 Å². The van der Waals surface area contributed by atoms with Crippen LogP contribution in [-0.4, -0.2) is 30.4 Å². The van der Waals surface area contributed by atoms with Crippen LogP contribution < -0.4 is 5.32 Å². The van der Waals surface area contributed by atoms with E-state index in [2.05, 4.69) is 10.2 Å². The first-order valence-corrected chi connectivity index (χ1v) is 7.22. The third-order valence-electron chi connectivity index (χ3n) is 3.81. The van der Waals surface area contributed by atoms with Gasteiger partial charge in [0.15, 0.2) is 0 Å². The Morgan fingerprint density at radius 1 is 1.35 bits per heavy atom. The van der Waals surface area contributed by atoms with E-state index in [0.717, 1.165) is 29.8 Å². The van der Waals surface area contributed by atoms with Gasteiger partial charge in [0.05, 0.1) is 12.6 Å². The molecular weight excluding hydrogens is 252 g/mol. The highest BCUT2D eigenvalue weighted by Crippen LogP contribution is 2.23. The molecule has 2 heterocycles. The Bertz CT molecular complexity index is 566. The summed E-state index contributed by atoms with van der Waals surface area (Å²) in [4.78, 5) is 14.2. The number of hydrogen-bond donors (Lipinski definition) is 1. The highest BCUT2D eigenvalue weighted by Gasteiger charge is 2.18. The number of furan rings is 1. The summed E-state index contributed by atoms with van der Waals surface area (Å²) in [6.45, 7) is 4.52. The molecule has 0 radical (unpaired) electrons. The second kappa shape index (κ2) is 5.67. The monoisotopic (exact) mass is 272 g/mol. The molecule has 0 bridgehead atoms. The lowest BCUT2D eigenvalue weighted by Gasteiger charge is -2.16. The molecule has 1 aromatic heterocycles. The summed E-state index contributed by atoms with van der Waals surface area (Å²) in [5.74, 6) is 0.876. The second-order valence-corrected chi connectivity index (χ2v) is 5.46. The maximum absolute atomic E-state index is 12.0. The number of rotatable bonds is 4. The summed E-state index contributed by atoms with van der Waals surface area (Å²) in [5.41, 5.74) is 0.864. The largest absolute Gasteiger partial charge is 0.459 e. The minimum absolute atomic E-state index is 0.0693. The van der Waals surface area contributed by atoms with Gasteiger partial charge in [0, 0.05) is 5.39 Å². The predicted octanol–water partition coefficient (Wildman–Crippen LogP) is 2.71. The molecule has 0 unspecified atom stereocenters. The van der Waals surface area contributed by atoms with Crippen LogP contribution in [0.4, 0.5) is 0 Å². The molecule has 1 amide bonds. The van der Waals surface area contributed by atoms with Gasteiger partial charge in [-0.15, -0.1) is 0 Å². The quantitative estimate of drug-likeness (QED) is 0.930. The topological polar surface area (TPSA) is 45.5 Å². The Balaban J connectivity index is 1.62. The van der Waals surface area contributed by atoms with Gasteiger partial charge in [-0.05, 0) is 45.0 Å². The molecule has 2 aromatic rings. The van der Waals surface area contributed by atoms with E-state index in [0.29, 0.717) is 6.54 Å². The lowest BCUT2D eigenvalue weighted by atomic mass is 10.2. The van der Waals surface area contributed by atoms with Gasteiger partial charge in [-0.2, -0.15) is 0 Å². The van der Waals surface area contributed by atoms with Gasteiger partial charge in [0.1, 0.15) is 11.3 Å². The fourth-order valence-corrected chi connectivity index (χ4v) is 2.72. The highest BCUT2D eigenvalue weighted by molar-refractivity contribution is 5.80. The third-order valence-corrected chi connectivity index (χ3v) is 3.81. The summed E-state index contributed by atoms with van der Waals surface area (Å²) >= 11 is 0. The van der Waals surface area contributed by atoms with Crippen LogP contribution in [0, 0.1) is 0 Å². The highest BCUT2D eigenvalue weighted by atomic mass is 16.3. The molecule has 1 fully saturated rings. The van der Waals surface area contributed by atoms with E-state index in [1.54, 1.807) is 0 Å². The Hall–Kier alpha value is -1.81. The minimum atomic E-state index is -0.0995. The number of carbonyl (C=O) groups excluding carboxylic acids is 1. The zero-order valence-corrected chi connectivity index (χ0v) is 11.8. The number of carbonyl (C=O) groups is 1. The van der Waals surface area contributed by atoms with Crippen molar-refractivity contribution in [2.45, 2.75) is 25.8 Å². The number of amides is 1. The van der Waals surface area contributed by atoms with Crippen LogP contribution in [0.2, 0.25) is 0 Å². The molecule has 4 heteroatoms. The van der Waals surface area contributed by atoms with Crippen molar-refractivity contribution in [1.82, 2.24) is 10.2 Å². The van der Waals surface area contributed by atoms with E-state index >= 15 is 0 Å². The van der Waals surface area contributed by atoms with Crippen LogP contribution in [0.5, 0.6) is 0 Å². The van der Waals surface area contributed by atoms with Crippen molar-refractivity contribution >= 4 is 16.9 Å². The maximum atomic E-state index is 12.0. The molecule has 1 atom stereocenters. The van der Waals surface area contributed by atoms with E-state index in [9.17, 15) is 4.79 Å². The molecular formula is C16H20N2O2. The Morgan fingerprint density at radius 3 is 2.85 bits per heavy atom. The van der Waals surface area contributed by atoms with Gasteiger partial charge in [-0.1, -0.05) is 18.2 Å². The van der Waals surface area contributed by atoms with Crippen molar-refractivity contribution < 1.29 is 9.21 Å². The molecule has 3 rings (SSSR count). The van der Waals surface area contributed by atoms with Crippen molar-refractivity contribution in [2.24, 2.45) is 0 Å². The maximum Gasteiger partial charge on any atom is 0.234 e. The van der Waals surface area contributed by atoms with Crippen LogP contribution in [0.3, 0.4) is 0 Å².